The molecule has 3 amide bonds. The molecule has 2 aliphatic heterocycles. The van der Waals surface area contributed by atoms with Crippen LogP contribution in [0.15, 0.2) is 0 Å². The van der Waals surface area contributed by atoms with E-state index in [0.717, 1.165) is 25.9 Å². The largest absolute Gasteiger partial charge is 0.405 e. The summed E-state index contributed by atoms with van der Waals surface area (Å²) in [7, 11) is 0. The van der Waals surface area contributed by atoms with Gasteiger partial charge in [0.2, 0.25) is 5.91 Å². The van der Waals surface area contributed by atoms with Crippen LogP contribution >= 0.6 is 0 Å². The molecule has 2 aliphatic rings. The van der Waals surface area contributed by atoms with Gasteiger partial charge in [0.15, 0.2) is 0 Å². The van der Waals surface area contributed by atoms with E-state index in [-0.39, 0.29) is 11.6 Å². The summed E-state index contributed by atoms with van der Waals surface area (Å²) in [5, 5.41) is 4.74. The Hall–Kier alpha value is -1.51. The summed E-state index contributed by atoms with van der Waals surface area (Å²) in [5.74, 6) is -0.745. The van der Waals surface area contributed by atoms with Gasteiger partial charge in [0.25, 0.3) is 0 Å². The minimum Gasteiger partial charge on any atom is -0.345 e. The topological polar surface area (TPSA) is 64.7 Å². The van der Waals surface area contributed by atoms with E-state index in [1.54, 1.807) is 0 Å². The molecule has 1 atom stereocenters. The Kier molecular flexibility index (Phi) is 6.76. The molecule has 6 nitrogen and oxygen atoms in total. The van der Waals surface area contributed by atoms with Crippen LogP contribution in [-0.2, 0) is 4.79 Å². The first kappa shape index (κ1) is 20.8. The monoisotopic (exact) mass is 378 g/mol. The van der Waals surface area contributed by atoms with E-state index in [9.17, 15) is 22.8 Å². The molecule has 1 unspecified atom stereocenters. The first-order valence-electron chi connectivity index (χ1n) is 9.24. The number of nitrogens with zero attached hydrogens (tertiary/aromatic N) is 2. The second-order valence-corrected chi connectivity index (χ2v) is 7.70. The Balaban J connectivity index is 1.86. The molecule has 2 N–H and O–H groups in total. The Labute approximate surface area is 152 Å². The number of likely N-dealkylation sites (tertiary alicyclic amines) is 2. The van der Waals surface area contributed by atoms with Crippen molar-refractivity contribution in [3.63, 3.8) is 0 Å². The number of amides is 3. The molecule has 2 saturated heterocycles. The van der Waals surface area contributed by atoms with Gasteiger partial charge in [-0.05, 0) is 52.6 Å². The molecule has 9 heteroatoms. The lowest BCUT2D eigenvalue weighted by molar-refractivity contribution is -0.140. The van der Waals surface area contributed by atoms with Crippen molar-refractivity contribution in [3.8, 4) is 0 Å². The van der Waals surface area contributed by atoms with Gasteiger partial charge in [0, 0.05) is 18.6 Å². The zero-order valence-corrected chi connectivity index (χ0v) is 15.5. The van der Waals surface area contributed by atoms with E-state index in [1.807, 2.05) is 5.32 Å². The smallest absolute Gasteiger partial charge is 0.345 e. The molecule has 2 rings (SSSR count). The van der Waals surface area contributed by atoms with Gasteiger partial charge in [0.05, 0.1) is 0 Å². The summed E-state index contributed by atoms with van der Waals surface area (Å²) in [6.07, 6.45) is 0.0385. The van der Waals surface area contributed by atoms with Crippen LogP contribution < -0.4 is 10.6 Å². The van der Waals surface area contributed by atoms with Gasteiger partial charge in [-0.15, -0.1) is 0 Å². The zero-order chi connectivity index (χ0) is 19.4. The second-order valence-electron chi connectivity index (χ2n) is 7.70. The van der Waals surface area contributed by atoms with Gasteiger partial charge in [-0.3, -0.25) is 9.69 Å². The van der Waals surface area contributed by atoms with E-state index in [1.165, 1.54) is 11.3 Å². The molecule has 26 heavy (non-hydrogen) atoms. The summed E-state index contributed by atoms with van der Waals surface area (Å²) in [6, 6.07) is -1.23. The maximum absolute atomic E-state index is 12.5. The van der Waals surface area contributed by atoms with E-state index < -0.39 is 24.7 Å². The van der Waals surface area contributed by atoms with E-state index in [0.29, 0.717) is 25.9 Å². The van der Waals surface area contributed by atoms with Crippen molar-refractivity contribution >= 4 is 11.9 Å². The van der Waals surface area contributed by atoms with Crippen molar-refractivity contribution < 1.29 is 22.8 Å². The molecule has 150 valence electrons. The standard InChI is InChI=1S/C17H29F3N4O2/c1-16(2,23-8-4-3-5-9-23)11-22-15(26)24-10-6-7-13(24)14(25)21-12-17(18,19)20/h13H,3-12H2,1-2H3,(H,21,25)(H,22,26). The first-order chi connectivity index (χ1) is 12.1. The third kappa shape index (κ3) is 5.75. The van der Waals surface area contributed by atoms with E-state index >= 15 is 0 Å². The van der Waals surface area contributed by atoms with E-state index in [2.05, 4.69) is 24.1 Å². The van der Waals surface area contributed by atoms with Gasteiger partial charge in [0.1, 0.15) is 12.6 Å². The van der Waals surface area contributed by atoms with Crippen LogP contribution in [0.5, 0.6) is 0 Å². The van der Waals surface area contributed by atoms with E-state index in [4.69, 9.17) is 0 Å². The molecule has 0 bridgehead atoms. The Morgan fingerprint density at radius 1 is 0.962 bits per heavy atom. The van der Waals surface area contributed by atoms with Gasteiger partial charge in [-0.2, -0.15) is 13.2 Å². The average molecular weight is 378 g/mol. The van der Waals surface area contributed by atoms with Gasteiger partial charge < -0.3 is 15.5 Å². The summed E-state index contributed by atoms with van der Waals surface area (Å²) in [6.45, 7) is 5.55. The molecule has 0 aromatic carbocycles. The van der Waals surface area contributed by atoms with Gasteiger partial charge in [-0.25, -0.2) is 4.79 Å². The third-order valence-electron chi connectivity index (χ3n) is 5.16. The first-order valence-corrected chi connectivity index (χ1v) is 9.24. The third-order valence-corrected chi connectivity index (χ3v) is 5.16. The van der Waals surface area contributed by atoms with Gasteiger partial charge in [-0.1, -0.05) is 6.42 Å². The predicted molar refractivity (Wildman–Crippen MR) is 91.7 cm³/mol. The highest BCUT2D eigenvalue weighted by atomic mass is 19.4. The lowest BCUT2D eigenvalue weighted by atomic mass is 9.98. The minimum absolute atomic E-state index is 0.205. The summed E-state index contributed by atoms with van der Waals surface area (Å²) < 4.78 is 36.8. The van der Waals surface area contributed by atoms with Crippen LogP contribution in [0.4, 0.5) is 18.0 Å². The Morgan fingerprint density at radius 2 is 1.62 bits per heavy atom. The number of rotatable bonds is 5. The highest BCUT2D eigenvalue weighted by Crippen LogP contribution is 2.21. The molecule has 0 aromatic rings. The SMILES string of the molecule is CC(C)(CNC(=O)N1CCCC1C(=O)NCC(F)(F)F)N1CCCCC1. The fraction of sp³-hybridized carbons (Fsp3) is 0.882. The fourth-order valence-electron chi connectivity index (χ4n) is 3.59. The number of hydrogen-bond donors (Lipinski definition) is 2. The van der Waals surface area contributed by atoms with Crippen molar-refractivity contribution in [1.29, 1.82) is 0 Å². The number of alkyl halides is 3. The highest BCUT2D eigenvalue weighted by molar-refractivity contribution is 5.87. The molecule has 2 heterocycles. The Bertz CT molecular complexity index is 505. The number of carbonyl (C=O) groups is 2. The predicted octanol–water partition coefficient (Wildman–Crippen LogP) is 2.10. The summed E-state index contributed by atoms with van der Waals surface area (Å²) >= 11 is 0. The second kappa shape index (κ2) is 8.45. The summed E-state index contributed by atoms with van der Waals surface area (Å²) in [5.41, 5.74) is -0.205. The zero-order valence-electron chi connectivity index (χ0n) is 15.5. The van der Waals surface area contributed by atoms with Crippen molar-refractivity contribution in [1.82, 2.24) is 20.4 Å². The lowest BCUT2D eigenvalue weighted by Crippen LogP contribution is -2.56. The number of carbonyl (C=O) groups excluding carboxylic acids is 2. The number of halogens is 3. The van der Waals surface area contributed by atoms with Crippen LogP contribution in [0.3, 0.4) is 0 Å². The molecular formula is C17H29F3N4O2. The fourth-order valence-corrected chi connectivity index (χ4v) is 3.59. The van der Waals surface area contributed by atoms with Crippen LogP contribution in [0, 0.1) is 0 Å². The summed E-state index contributed by atoms with van der Waals surface area (Å²) in [4.78, 5) is 28.2. The minimum atomic E-state index is -4.46. The average Bonchev–Trinajstić information content (AvgIpc) is 3.07. The maximum atomic E-state index is 12.5. The van der Waals surface area contributed by atoms with Crippen molar-refractivity contribution in [2.45, 2.75) is 63.7 Å². The quantitative estimate of drug-likeness (QED) is 0.770. The maximum Gasteiger partial charge on any atom is 0.405 e. The van der Waals surface area contributed by atoms with Crippen LogP contribution in [0.25, 0.3) is 0 Å². The van der Waals surface area contributed by atoms with Gasteiger partial charge >= 0.3 is 12.2 Å². The molecule has 0 radical (unpaired) electrons. The van der Waals surface area contributed by atoms with Crippen LogP contribution in [0.2, 0.25) is 0 Å². The number of piperidine rings is 1. The number of urea groups is 1. The van der Waals surface area contributed by atoms with Crippen molar-refractivity contribution in [2.75, 3.05) is 32.7 Å². The number of hydrogen-bond acceptors (Lipinski definition) is 3. The molecule has 0 aromatic heterocycles. The van der Waals surface area contributed by atoms with Crippen LogP contribution in [0.1, 0.15) is 46.0 Å². The molecule has 0 aliphatic carbocycles. The van der Waals surface area contributed by atoms with Crippen LogP contribution in [-0.4, -0.2) is 72.2 Å². The molecular weight excluding hydrogens is 349 g/mol. The lowest BCUT2D eigenvalue weighted by Gasteiger charge is -2.41. The Morgan fingerprint density at radius 3 is 2.23 bits per heavy atom. The van der Waals surface area contributed by atoms with Crippen molar-refractivity contribution in [2.24, 2.45) is 0 Å². The normalized spacial score (nSPS) is 22.3. The highest BCUT2D eigenvalue weighted by Gasteiger charge is 2.37. The molecule has 0 saturated carbocycles. The molecule has 0 spiro atoms. The number of nitrogens with one attached hydrogen (secondary N) is 2. The van der Waals surface area contributed by atoms with Crippen molar-refractivity contribution in [3.05, 3.63) is 0 Å². The molecule has 2 fully saturated rings.